The molecule has 0 amide bonds. The molecule has 0 N–H and O–H groups in total. The number of hydrogen-bond donors (Lipinski definition) is 0. The van der Waals surface area contributed by atoms with Gasteiger partial charge in [-0.05, 0) is 41.1 Å². The molecule has 0 aliphatic heterocycles. The van der Waals surface area contributed by atoms with Gasteiger partial charge in [0.25, 0.3) is 0 Å². The second kappa shape index (κ2) is 4.21. The van der Waals surface area contributed by atoms with E-state index in [-0.39, 0.29) is 12.6 Å². The monoisotopic (exact) mass is 278 g/mol. The lowest BCUT2D eigenvalue weighted by Gasteiger charge is -2.10. The van der Waals surface area contributed by atoms with E-state index in [9.17, 15) is 4.39 Å². The zero-order valence-electron chi connectivity index (χ0n) is 7.27. The molecule has 0 bridgehead atoms. The van der Waals surface area contributed by atoms with E-state index in [0.717, 1.165) is 9.13 Å². The molecule has 1 atom stereocenters. The maximum atomic E-state index is 12.4. The van der Waals surface area contributed by atoms with Crippen LogP contribution in [0.5, 0.6) is 0 Å². The van der Waals surface area contributed by atoms with Crippen molar-refractivity contribution in [3.05, 3.63) is 32.9 Å². The van der Waals surface area contributed by atoms with Crippen molar-refractivity contribution in [2.75, 3.05) is 6.67 Å². The standard InChI is InChI=1S/C10H12FI/c1-7-3-4-10(12)9(5-7)8(2)6-11/h3-5,8H,6H2,1-2H3. The molecule has 0 aromatic heterocycles. The minimum atomic E-state index is -0.278. The van der Waals surface area contributed by atoms with Gasteiger partial charge in [-0.15, -0.1) is 0 Å². The molecular formula is C10H12FI. The Hall–Kier alpha value is -0.120. The minimum Gasteiger partial charge on any atom is -0.250 e. The van der Waals surface area contributed by atoms with Crippen LogP contribution in [0, 0.1) is 10.5 Å². The van der Waals surface area contributed by atoms with Crippen LogP contribution < -0.4 is 0 Å². The molecule has 12 heavy (non-hydrogen) atoms. The molecule has 0 saturated heterocycles. The smallest absolute Gasteiger partial charge is 0.0960 e. The number of aryl methyl sites for hydroxylation is 1. The van der Waals surface area contributed by atoms with E-state index in [2.05, 4.69) is 34.7 Å². The summed E-state index contributed by atoms with van der Waals surface area (Å²) in [6.07, 6.45) is 0. The number of halogens is 2. The van der Waals surface area contributed by atoms with Crippen molar-refractivity contribution >= 4 is 22.6 Å². The van der Waals surface area contributed by atoms with Crippen LogP contribution in [0.1, 0.15) is 24.0 Å². The first-order valence-corrected chi connectivity index (χ1v) is 5.05. The van der Waals surface area contributed by atoms with E-state index in [1.54, 1.807) is 0 Å². The fraction of sp³-hybridized carbons (Fsp3) is 0.400. The fourth-order valence-corrected chi connectivity index (χ4v) is 1.99. The van der Waals surface area contributed by atoms with Crippen LogP contribution in [0.4, 0.5) is 4.39 Å². The summed E-state index contributed by atoms with van der Waals surface area (Å²) in [6.45, 7) is 3.67. The molecule has 0 spiro atoms. The van der Waals surface area contributed by atoms with E-state index in [4.69, 9.17) is 0 Å². The van der Waals surface area contributed by atoms with Gasteiger partial charge in [0.2, 0.25) is 0 Å². The molecule has 1 unspecified atom stereocenters. The molecule has 0 aliphatic rings. The van der Waals surface area contributed by atoms with Crippen molar-refractivity contribution in [2.45, 2.75) is 19.8 Å². The van der Waals surface area contributed by atoms with Gasteiger partial charge in [0, 0.05) is 9.49 Å². The zero-order valence-corrected chi connectivity index (χ0v) is 9.43. The molecule has 0 heterocycles. The first-order valence-electron chi connectivity index (χ1n) is 3.97. The van der Waals surface area contributed by atoms with Gasteiger partial charge in [-0.2, -0.15) is 0 Å². The maximum absolute atomic E-state index is 12.4. The Bertz CT molecular complexity index is 271. The minimum absolute atomic E-state index is 0.0248. The average molecular weight is 278 g/mol. The van der Waals surface area contributed by atoms with Gasteiger partial charge in [-0.3, -0.25) is 4.39 Å². The molecule has 66 valence electrons. The van der Waals surface area contributed by atoms with Gasteiger partial charge in [0.15, 0.2) is 0 Å². The largest absolute Gasteiger partial charge is 0.250 e. The van der Waals surface area contributed by atoms with Crippen LogP contribution in [0.15, 0.2) is 18.2 Å². The van der Waals surface area contributed by atoms with Gasteiger partial charge in [-0.25, -0.2) is 0 Å². The number of hydrogen-bond acceptors (Lipinski definition) is 0. The van der Waals surface area contributed by atoms with Gasteiger partial charge < -0.3 is 0 Å². The second-order valence-corrected chi connectivity index (χ2v) is 4.24. The predicted octanol–water partition coefficient (Wildman–Crippen LogP) is 3.67. The summed E-state index contributed by atoms with van der Waals surface area (Å²) in [5.74, 6) is 0.0248. The lowest BCUT2D eigenvalue weighted by atomic mass is 10.0. The Labute approximate surface area is 86.3 Å². The summed E-state index contributed by atoms with van der Waals surface area (Å²) < 4.78 is 13.5. The molecular weight excluding hydrogens is 266 g/mol. The lowest BCUT2D eigenvalue weighted by Crippen LogP contribution is -1.98. The van der Waals surface area contributed by atoms with Crippen molar-refractivity contribution in [1.29, 1.82) is 0 Å². The highest BCUT2D eigenvalue weighted by Crippen LogP contribution is 2.22. The first kappa shape index (κ1) is 9.96. The summed E-state index contributed by atoms with van der Waals surface area (Å²) >= 11 is 2.25. The van der Waals surface area contributed by atoms with Crippen molar-refractivity contribution < 1.29 is 4.39 Å². The van der Waals surface area contributed by atoms with Crippen LogP contribution in [-0.2, 0) is 0 Å². The second-order valence-electron chi connectivity index (χ2n) is 3.08. The summed E-state index contributed by atoms with van der Waals surface area (Å²) in [5.41, 5.74) is 2.32. The number of rotatable bonds is 2. The SMILES string of the molecule is Cc1ccc(I)c(C(C)CF)c1. The van der Waals surface area contributed by atoms with Crippen LogP contribution >= 0.6 is 22.6 Å². The normalized spacial score (nSPS) is 13.0. The van der Waals surface area contributed by atoms with E-state index < -0.39 is 0 Å². The third-order valence-corrected chi connectivity index (χ3v) is 2.90. The van der Waals surface area contributed by atoms with Crippen LogP contribution in [0.25, 0.3) is 0 Å². The van der Waals surface area contributed by atoms with Crippen LogP contribution in [0.3, 0.4) is 0 Å². The van der Waals surface area contributed by atoms with Gasteiger partial charge >= 0.3 is 0 Å². The van der Waals surface area contributed by atoms with Crippen LogP contribution in [-0.4, -0.2) is 6.67 Å². The molecule has 0 radical (unpaired) electrons. The maximum Gasteiger partial charge on any atom is 0.0960 e. The first-order chi connectivity index (χ1) is 5.65. The topological polar surface area (TPSA) is 0 Å². The Morgan fingerprint density at radius 2 is 2.17 bits per heavy atom. The summed E-state index contributed by atoms with van der Waals surface area (Å²) in [6, 6.07) is 6.15. The number of alkyl halides is 1. The summed E-state index contributed by atoms with van der Waals surface area (Å²) in [4.78, 5) is 0. The molecule has 2 heteroatoms. The highest BCUT2D eigenvalue weighted by Gasteiger charge is 2.08. The number of benzene rings is 1. The highest BCUT2D eigenvalue weighted by molar-refractivity contribution is 14.1. The Morgan fingerprint density at radius 1 is 1.50 bits per heavy atom. The van der Waals surface area contributed by atoms with E-state index in [1.165, 1.54) is 5.56 Å². The Balaban J connectivity index is 3.04. The third kappa shape index (κ3) is 2.19. The molecule has 1 rings (SSSR count). The molecule has 0 aliphatic carbocycles. The Kier molecular flexibility index (Phi) is 3.50. The van der Waals surface area contributed by atoms with Crippen molar-refractivity contribution in [3.8, 4) is 0 Å². The highest BCUT2D eigenvalue weighted by atomic mass is 127. The fourth-order valence-electron chi connectivity index (χ4n) is 1.12. The Morgan fingerprint density at radius 3 is 2.75 bits per heavy atom. The zero-order chi connectivity index (χ0) is 9.14. The van der Waals surface area contributed by atoms with E-state index in [0.29, 0.717) is 0 Å². The third-order valence-electron chi connectivity index (χ3n) is 1.91. The van der Waals surface area contributed by atoms with Gasteiger partial charge in [0.1, 0.15) is 0 Å². The van der Waals surface area contributed by atoms with Gasteiger partial charge in [-0.1, -0.05) is 24.6 Å². The molecule has 1 aromatic carbocycles. The van der Waals surface area contributed by atoms with E-state index >= 15 is 0 Å². The summed E-state index contributed by atoms with van der Waals surface area (Å²) in [5, 5.41) is 0. The van der Waals surface area contributed by atoms with Crippen molar-refractivity contribution in [2.24, 2.45) is 0 Å². The quantitative estimate of drug-likeness (QED) is 0.724. The average Bonchev–Trinajstić information content (AvgIpc) is 2.08. The molecule has 1 aromatic rings. The van der Waals surface area contributed by atoms with Crippen LogP contribution in [0.2, 0.25) is 0 Å². The van der Waals surface area contributed by atoms with E-state index in [1.807, 2.05) is 19.9 Å². The van der Waals surface area contributed by atoms with Gasteiger partial charge in [0.05, 0.1) is 6.67 Å². The molecule has 0 saturated carbocycles. The molecule has 0 fully saturated rings. The van der Waals surface area contributed by atoms with Crippen molar-refractivity contribution in [3.63, 3.8) is 0 Å². The van der Waals surface area contributed by atoms with Crippen molar-refractivity contribution in [1.82, 2.24) is 0 Å². The summed E-state index contributed by atoms with van der Waals surface area (Å²) in [7, 11) is 0. The lowest BCUT2D eigenvalue weighted by molar-refractivity contribution is 0.446. The molecule has 0 nitrogen and oxygen atoms in total. The predicted molar refractivity (Wildman–Crippen MR) is 58.3 cm³/mol.